The Morgan fingerprint density at radius 3 is 2.00 bits per heavy atom. The zero-order chi connectivity index (χ0) is 18.5. The quantitative estimate of drug-likeness (QED) is 0.334. The van der Waals surface area contributed by atoms with Crippen molar-refractivity contribution >= 4 is 25.0 Å². The molecule has 1 atom stereocenters. The summed E-state index contributed by atoms with van der Waals surface area (Å²) in [6.45, 7) is 13.3. The highest BCUT2D eigenvalue weighted by molar-refractivity contribution is 7.50. The van der Waals surface area contributed by atoms with Gasteiger partial charge in [-0.2, -0.15) is 0 Å². The fourth-order valence-electron chi connectivity index (χ4n) is 2.50. The van der Waals surface area contributed by atoms with E-state index in [1.807, 2.05) is 18.2 Å². The smallest absolute Gasteiger partial charge is 0.191 e. The van der Waals surface area contributed by atoms with E-state index in [0.29, 0.717) is 0 Å². The van der Waals surface area contributed by atoms with Gasteiger partial charge in [-0.15, -0.1) is 0 Å². The fraction of sp³-hybridized carbons (Fsp3) is 0.556. The molecular formula is C18H31O4PSi2. The molecule has 0 spiro atoms. The Bertz CT molecular complexity index is 584. The molecule has 0 amide bonds. The van der Waals surface area contributed by atoms with Crippen LogP contribution in [0.25, 0.3) is 0 Å². The number of hydrogen-bond donors (Lipinski definition) is 0. The van der Waals surface area contributed by atoms with Gasteiger partial charge in [-0.05, 0) is 70.0 Å². The first-order chi connectivity index (χ1) is 11.6. The molecule has 2 rings (SSSR count). The molecular weight excluding hydrogens is 367 g/mol. The van der Waals surface area contributed by atoms with Gasteiger partial charge in [-0.1, -0.05) is 0 Å². The molecule has 7 heteroatoms. The van der Waals surface area contributed by atoms with Gasteiger partial charge in [-0.25, -0.2) is 0 Å². The summed E-state index contributed by atoms with van der Waals surface area (Å²) in [7, 11) is -4.26. The second-order valence-corrected chi connectivity index (χ2v) is 19.2. The molecule has 0 N–H and O–H groups in total. The molecule has 0 fully saturated rings. The lowest BCUT2D eigenvalue weighted by atomic mass is 10.0. The minimum absolute atomic E-state index is 0.277. The van der Waals surface area contributed by atoms with Crippen molar-refractivity contribution in [3.63, 3.8) is 0 Å². The zero-order valence-corrected chi connectivity index (χ0v) is 19.1. The third kappa shape index (κ3) is 8.05. The van der Waals surface area contributed by atoms with Crippen LogP contribution in [0.1, 0.15) is 23.9 Å². The van der Waals surface area contributed by atoms with E-state index < -0.39 is 25.0 Å². The number of furan rings is 2. The van der Waals surface area contributed by atoms with Crippen molar-refractivity contribution in [3.05, 3.63) is 48.3 Å². The van der Waals surface area contributed by atoms with Gasteiger partial charge in [-0.3, -0.25) is 0 Å². The van der Waals surface area contributed by atoms with Crippen LogP contribution < -0.4 is 0 Å². The molecule has 0 saturated heterocycles. The fourth-order valence-corrected chi connectivity index (χ4v) is 9.19. The normalized spacial score (nSPS) is 14.2. The lowest BCUT2D eigenvalue weighted by Gasteiger charge is -2.32. The van der Waals surface area contributed by atoms with E-state index in [-0.39, 0.29) is 5.92 Å². The highest BCUT2D eigenvalue weighted by atomic mass is 31.2. The van der Waals surface area contributed by atoms with E-state index in [1.165, 1.54) is 0 Å². The van der Waals surface area contributed by atoms with Crippen LogP contribution in [0.15, 0.2) is 45.6 Å². The summed E-state index contributed by atoms with van der Waals surface area (Å²) in [5, 5.41) is 0. The number of hydrogen-bond acceptors (Lipinski definition) is 4. The Kier molecular flexibility index (Phi) is 7.29. The molecule has 0 aliphatic carbocycles. The Hall–Kier alpha value is -0.656. The van der Waals surface area contributed by atoms with Gasteiger partial charge in [0.2, 0.25) is 0 Å². The minimum Gasteiger partial charge on any atom is -0.469 e. The van der Waals surface area contributed by atoms with Crippen LogP contribution >= 0.6 is 8.38 Å². The topological polar surface area (TPSA) is 44.7 Å². The third-order valence-corrected chi connectivity index (χ3v) is 10.1. The summed E-state index contributed by atoms with van der Waals surface area (Å²) in [4.78, 5) is 0. The number of rotatable bonds is 10. The molecule has 25 heavy (non-hydrogen) atoms. The van der Waals surface area contributed by atoms with Crippen LogP contribution in [-0.2, 0) is 14.8 Å². The summed E-state index contributed by atoms with van der Waals surface area (Å²) < 4.78 is 24.1. The predicted octanol–water partition coefficient (Wildman–Crippen LogP) is 6.60. The second kappa shape index (κ2) is 8.82. The monoisotopic (exact) mass is 398 g/mol. The van der Waals surface area contributed by atoms with Gasteiger partial charge in [0.25, 0.3) is 0 Å². The summed E-state index contributed by atoms with van der Waals surface area (Å²) in [5.41, 5.74) is 0. The van der Waals surface area contributed by atoms with Crippen molar-refractivity contribution in [1.82, 2.24) is 0 Å². The lowest BCUT2D eigenvalue weighted by Crippen LogP contribution is -2.29. The van der Waals surface area contributed by atoms with Gasteiger partial charge in [0.1, 0.15) is 19.9 Å². The average Bonchev–Trinajstić information content (AvgIpc) is 3.12. The SMILES string of the molecule is C[Si](C)(C)OP(CC(CCc1ccco1)c1ccco1)O[Si](C)(C)C. The van der Waals surface area contributed by atoms with Crippen molar-refractivity contribution in [1.29, 1.82) is 0 Å². The molecule has 0 bridgehead atoms. The maximum absolute atomic E-state index is 6.43. The summed E-state index contributed by atoms with van der Waals surface area (Å²) >= 11 is 0. The van der Waals surface area contributed by atoms with E-state index in [9.17, 15) is 0 Å². The first-order valence-corrected chi connectivity index (χ1v) is 17.0. The Labute approximate surface area is 155 Å². The second-order valence-electron chi connectivity index (χ2n) is 8.25. The van der Waals surface area contributed by atoms with Crippen LogP contribution in [0.3, 0.4) is 0 Å². The molecule has 2 aromatic rings. The predicted molar refractivity (Wildman–Crippen MR) is 109 cm³/mol. The van der Waals surface area contributed by atoms with Gasteiger partial charge in [0.05, 0.1) is 12.5 Å². The van der Waals surface area contributed by atoms with Gasteiger partial charge in [0.15, 0.2) is 16.6 Å². The van der Waals surface area contributed by atoms with Crippen molar-refractivity contribution in [3.8, 4) is 0 Å². The van der Waals surface area contributed by atoms with Crippen LogP contribution in [0.5, 0.6) is 0 Å². The maximum Gasteiger partial charge on any atom is 0.191 e. The lowest BCUT2D eigenvalue weighted by molar-refractivity contribution is 0.428. The minimum atomic E-state index is -1.67. The zero-order valence-electron chi connectivity index (χ0n) is 16.2. The van der Waals surface area contributed by atoms with Crippen LogP contribution in [0.2, 0.25) is 39.3 Å². The highest BCUT2D eigenvalue weighted by Gasteiger charge is 2.31. The molecule has 0 saturated carbocycles. The van der Waals surface area contributed by atoms with Crippen molar-refractivity contribution in [2.24, 2.45) is 0 Å². The van der Waals surface area contributed by atoms with Crippen LogP contribution in [0, 0.1) is 0 Å². The summed E-state index contributed by atoms with van der Waals surface area (Å²) in [6, 6.07) is 7.98. The first kappa shape index (κ1) is 20.7. The maximum atomic E-state index is 6.43. The van der Waals surface area contributed by atoms with Crippen LogP contribution in [-0.4, -0.2) is 22.8 Å². The van der Waals surface area contributed by atoms with Crippen LogP contribution in [0.4, 0.5) is 0 Å². The van der Waals surface area contributed by atoms with Gasteiger partial charge >= 0.3 is 0 Å². The molecule has 0 radical (unpaired) electrons. The Morgan fingerprint density at radius 2 is 1.52 bits per heavy atom. The van der Waals surface area contributed by atoms with Gasteiger partial charge in [0, 0.05) is 18.5 Å². The molecule has 1 unspecified atom stereocenters. The van der Waals surface area contributed by atoms with Crippen molar-refractivity contribution in [2.75, 3.05) is 6.16 Å². The Morgan fingerprint density at radius 1 is 0.920 bits per heavy atom. The van der Waals surface area contributed by atoms with Gasteiger partial charge < -0.3 is 17.3 Å². The number of aryl methyl sites for hydroxylation is 1. The molecule has 0 aliphatic heterocycles. The first-order valence-electron chi connectivity index (χ1n) is 8.84. The van der Waals surface area contributed by atoms with E-state index >= 15 is 0 Å². The summed E-state index contributed by atoms with van der Waals surface area (Å²) in [5.74, 6) is 2.30. The summed E-state index contributed by atoms with van der Waals surface area (Å²) in [6.07, 6.45) is 6.20. The average molecular weight is 399 g/mol. The van der Waals surface area contributed by atoms with E-state index in [4.69, 9.17) is 17.3 Å². The highest BCUT2D eigenvalue weighted by Crippen LogP contribution is 2.48. The standard InChI is InChI=1S/C18H31O4PSi2/c1-24(2,3)21-23(22-25(4,5)6)15-16(18-10-8-14-20-18)11-12-17-9-7-13-19-17/h7-10,13-14,16H,11-12,15H2,1-6H3. The molecule has 2 heterocycles. The van der Waals surface area contributed by atoms with Crippen molar-refractivity contribution < 1.29 is 17.3 Å². The molecule has 0 aliphatic rings. The molecule has 4 nitrogen and oxygen atoms in total. The molecule has 140 valence electrons. The molecule has 0 aromatic carbocycles. The van der Waals surface area contributed by atoms with E-state index in [1.54, 1.807) is 12.5 Å². The third-order valence-electron chi connectivity index (χ3n) is 3.39. The Balaban J connectivity index is 2.10. The largest absolute Gasteiger partial charge is 0.469 e. The van der Waals surface area contributed by atoms with Crippen molar-refractivity contribution in [2.45, 2.75) is 58.0 Å². The van der Waals surface area contributed by atoms with E-state index in [2.05, 4.69) is 45.3 Å². The molecule has 2 aromatic heterocycles. The van der Waals surface area contributed by atoms with E-state index in [0.717, 1.165) is 30.5 Å².